The van der Waals surface area contributed by atoms with Crippen molar-refractivity contribution in [3.05, 3.63) is 28.8 Å². The van der Waals surface area contributed by atoms with Crippen LogP contribution in [0.25, 0.3) is 0 Å². The molecule has 122 valence electrons. The van der Waals surface area contributed by atoms with Crippen molar-refractivity contribution in [1.82, 2.24) is 10.6 Å². The lowest BCUT2D eigenvalue weighted by atomic mass is 10.2. The molecule has 0 fully saturated rings. The summed E-state index contributed by atoms with van der Waals surface area (Å²) in [5.41, 5.74) is 0.194. The van der Waals surface area contributed by atoms with Gasteiger partial charge in [-0.3, -0.25) is 9.59 Å². The van der Waals surface area contributed by atoms with Crippen molar-refractivity contribution < 1.29 is 18.0 Å². The monoisotopic (exact) mass is 346 g/mol. The van der Waals surface area contributed by atoms with E-state index in [2.05, 4.69) is 10.6 Å². The number of carbonyl (C=O) groups excluding carboxylic acids is 2. The van der Waals surface area contributed by atoms with Crippen LogP contribution in [-0.2, 0) is 14.6 Å². The van der Waals surface area contributed by atoms with E-state index in [0.717, 1.165) is 6.26 Å². The highest BCUT2D eigenvalue weighted by atomic mass is 35.5. The average molecular weight is 347 g/mol. The van der Waals surface area contributed by atoms with Gasteiger partial charge in [-0.2, -0.15) is 0 Å². The van der Waals surface area contributed by atoms with Gasteiger partial charge in [-0.15, -0.1) is 0 Å². The summed E-state index contributed by atoms with van der Waals surface area (Å²) in [5, 5.41) is 5.34. The van der Waals surface area contributed by atoms with Crippen LogP contribution in [0.4, 0.5) is 0 Å². The molecule has 0 aliphatic rings. The zero-order valence-electron chi connectivity index (χ0n) is 12.6. The van der Waals surface area contributed by atoms with Crippen LogP contribution in [0, 0.1) is 5.92 Å². The second-order valence-corrected chi connectivity index (χ2v) is 7.51. The largest absolute Gasteiger partial charge is 0.354 e. The Balaban J connectivity index is 2.66. The van der Waals surface area contributed by atoms with Gasteiger partial charge in [-0.25, -0.2) is 8.42 Å². The number of hydrogen-bond donors (Lipinski definition) is 2. The summed E-state index contributed by atoms with van der Waals surface area (Å²) in [6.07, 6.45) is 1.03. The normalized spacial score (nSPS) is 11.3. The maximum absolute atomic E-state index is 12.0. The number of halogens is 1. The van der Waals surface area contributed by atoms with Crippen LogP contribution in [0.5, 0.6) is 0 Å². The summed E-state index contributed by atoms with van der Waals surface area (Å²) < 4.78 is 23.1. The zero-order chi connectivity index (χ0) is 16.9. The van der Waals surface area contributed by atoms with Gasteiger partial charge >= 0.3 is 0 Å². The lowest BCUT2D eigenvalue weighted by Gasteiger charge is -2.09. The molecule has 0 spiro atoms. The van der Waals surface area contributed by atoms with Crippen LogP contribution >= 0.6 is 11.6 Å². The molecular formula is C14H19ClN2O4S. The van der Waals surface area contributed by atoms with Gasteiger partial charge in [0.15, 0.2) is 9.84 Å². The Morgan fingerprint density at radius 2 is 1.77 bits per heavy atom. The first-order valence-electron chi connectivity index (χ1n) is 6.68. The standard InChI is InChI=1S/C14H19ClN2O4S/c1-9(2)13(18)16-6-7-17-14(19)10-4-5-11(15)12(8-10)22(3,20)21/h4-5,8-9H,6-7H2,1-3H3,(H,16,18)(H,17,19). The number of sulfone groups is 1. The Morgan fingerprint density at radius 1 is 1.18 bits per heavy atom. The highest BCUT2D eigenvalue weighted by Crippen LogP contribution is 2.22. The molecule has 0 aliphatic heterocycles. The number of hydrogen-bond acceptors (Lipinski definition) is 4. The zero-order valence-corrected chi connectivity index (χ0v) is 14.2. The number of rotatable bonds is 6. The van der Waals surface area contributed by atoms with Crippen molar-refractivity contribution in [3.8, 4) is 0 Å². The van der Waals surface area contributed by atoms with Crippen molar-refractivity contribution in [2.45, 2.75) is 18.7 Å². The smallest absolute Gasteiger partial charge is 0.251 e. The molecule has 0 aromatic heterocycles. The first-order valence-corrected chi connectivity index (χ1v) is 8.95. The molecule has 8 heteroatoms. The Bertz CT molecular complexity index is 671. The van der Waals surface area contributed by atoms with E-state index >= 15 is 0 Å². The molecular weight excluding hydrogens is 328 g/mol. The highest BCUT2D eigenvalue weighted by Gasteiger charge is 2.15. The van der Waals surface area contributed by atoms with E-state index in [1.807, 2.05) is 0 Å². The molecule has 1 rings (SSSR count). The molecule has 2 N–H and O–H groups in total. The van der Waals surface area contributed by atoms with Crippen LogP contribution in [0.1, 0.15) is 24.2 Å². The Hall–Kier alpha value is -1.60. The predicted molar refractivity (Wildman–Crippen MR) is 84.7 cm³/mol. The van der Waals surface area contributed by atoms with E-state index in [9.17, 15) is 18.0 Å². The van der Waals surface area contributed by atoms with Crippen LogP contribution in [0.3, 0.4) is 0 Å². The number of benzene rings is 1. The van der Waals surface area contributed by atoms with Gasteiger partial charge in [0.25, 0.3) is 5.91 Å². The summed E-state index contributed by atoms with van der Waals surface area (Å²) >= 11 is 5.82. The average Bonchev–Trinajstić information content (AvgIpc) is 2.42. The van der Waals surface area contributed by atoms with Crippen LogP contribution in [0.2, 0.25) is 5.02 Å². The molecule has 0 saturated carbocycles. The van der Waals surface area contributed by atoms with Crippen molar-refractivity contribution in [2.24, 2.45) is 5.92 Å². The molecule has 1 aromatic rings. The molecule has 6 nitrogen and oxygen atoms in total. The van der Waals surface area contributed by atoms with Gasteiger partial charge < -0.3 is 10.6 Å². The minimum Gasteiger partial charge on any atom is -0.354 e. The van der Waals surface area contributed by atoms with Gasteiger partial charge in [0.2, 0.25) is 5.91 Å². The Labute approximate surface area is 135 Å². The molecule has 22 heavy (non-hydrogen) atoms. The molecule has 0 radical (unpaired) electrons. The summed E-state index contributed by atoms with van der Waals surface area (Å²) in [6, 6.07) is 4.05. The quantitative estimate of drug-likeness (QED) is 0.758. The fourth-order valence-corrected chi connectivity index (χ4v) is 2.90. The van der Waals surface area contributed by atoms with Crippen LogP contribution in [-0.4, -0.2) is 39.6 Å². The van der Waals surface area contributed by atoms with E-state index in [-0.39, 0.29) is 33.9 Å². The Morgan fingerprint density at radius 3 is 2.32 bits per heavy atom. The SMILES string of the molecule is CC(C)C(=O)NCCNC(=O)c1ccc(Cl)c(S(C)(=O)=O)c1. The molecule has 0 bridgehead atoms. The van der Waals surface area contributed by atoms with Gasteiger partial charge in [0, 0.05) is 30.8 Å². The molecule has 0 aliphatic carbocycles. The number of amides is 2. The van der Waals surface area contributed by atoms with E-state index in [0.29, 0.717) is 6.54 Å². The van der Waals surface area contributed by atoms with Crippen LogP contribution < -0.4 is 10.6 Å². The van der Waals surface area contributed by atoms with Crippen LogP contribution in [0.15, 0.2) is 23.1 Å². The summed E-state index contributed by atoms with van der Waals surface area (Å²) in [7, 11) is -3.50. The van der Waals surface area contributed by atoms with E-state index in [4.69, 9.17) is 11.6 Å². The minimum absolute atomic E-state index is 0.0725. The van der Waals surface area contributed by atoms with E-state index < -0.39 is 15.7 Å². The van der Waals surface area contributed by atoms with Crippen molar-refractivity contribution >= 4 is 33.3 Å². The molecule has 0 heterocycles. The Kier molecular flexibility index (Phi) is 6.37. The molecule has 1 aromatic carbocycles. The number of nitrogens with one attached hydrogen (secondary N) is 2. The highest BCUT2D eigenvalue weighted by molar-refractivity contribution is 7.90. The molecule has 0 unspecified atom stereocenters. The summed E-state index contributed by atoms with van der Waals surface area (Å²) in [4.78, 5) is 23.2. The fraction of sp³-hybridized carbons (Fsp3) is 0.429. The summed E-state index contributed by atoms with van der Waals surface area (Å²) in [5.74, 6) is -0.648. The predicted octanol–water partition coefficient (Wildman–Crippen LogP) is 1.25. The van der Waals surface area contributed by atoms with Gasteiger partial charge in [0.1, 0.15) is 0 Å². The van der Waals surface area contributed by atoms with Crippen molar-refractivity contribution in [2.75, 3.05) is 19.3 Å². The maximum atomic E-state index is 12.0. The molecule has 0 saturated heterocycles. The van der Waals surface area contributed by atoms with Gasteiger partial charge in [-0.05, 0) is 18.2 Å². The maximum Gasteiger partial charge on any atom is 0.251 e. The molecule has 0 atom stereocenters. The number of carbonyl (C=O) groups is 2. The van der Waals surface area contributed by atoms with Crippen molar-refractivity contribution in [3.63, 3.8) is 0 Å². The first kappa shape index (κ1) is 18.4. The fourth-order valence-electron chi connectivity index (χ4n) is 1.60. The van der Waals surface area contributed by atoms with Crippen molar-refractivity contribution in [1.29, 1.82) is 0 Å². The third-order valence-electron chi connectivity index (χ3n) is 2.83. The summed E-state index contributed by atoms with van der Waals surface area (Å²) in [6.45, 7) is 4.09. The first-order chi connectivity index (χ1) is 10.1. The van der Waals surface area contributed by atoms with E-state index in [1.54, 1.807) is 13.8 Å². The second kappa shape index (κ2) is 7.60. The lowest BCUT2D eigenvalue weighted by Crippen LogP contribution is -2.36. The lowest BCUT2D eigenvalue weighted by molar-refractivity contribution is -0.123. The third-order valence-corrected chi connectivity index (χ3v) is 4.41. The topological polar surface area (TPSA) is 92.3 Å². The van der Waals surface area contributed by atoms with E-state index in [1.165, 1.54) is 18.2 Å². The second-order valence-electron chi connectivity index (χ2n) is 5.12. The van der Waals surface area contributed by atoms with Gasteiger partial charge in [-0.1, -0.05) is 25.4 Å². The van der Waals surface area contributed by atoms with Gasteiger partial charge in [0.05, 0.1) is 9.92 Å². The molecule has 2 amide bonds. The minimum atomic E-state index is -3.50. The third kappa shape index (κ3) is 5.31.